The topological polar surface area (TPSA) is 98.8 Å². The zero-order chi connectivity index (χ0) is 44.2. The molecule has 2 aliphatic heterocycles. The zero-order valence-corrected chi connectivity index (χ0v) is 43.0. The van der Waals surface area contributed by atoms with Crippen molar-refractivity contribution in [2.75, 3.05) is 79.8 Å². The molecule has 2 N–H and O–H groups in total. The number of hydrogen-bond acceptors (Lipinski definition) is 4. The van der Waals surface area contributed by atoms with E-state index in [1.165, 1.54) is 128 Å². The molecule has 0 spiro atoms. The molecule has 0 aromatic rings. The number of unbranched alkanes of at least 4 members (excludes halogenated alkanes) is 18. The highest BCUT2D eigenvalue weighted by Crippen LogP contribution is 2.18. The van der Waals surface area contributed by atoms with Gasteiger partial charge in [0.1, 0.15) is 0 Å². The predicted octanol–water partition coefficient (Wildman–Crippen LogP) is 4.49. The van der Waals surface area contributed by atoms with E-state index in [4.69, 9.17) is 0 Å². The van der Waals surface area contributed by atoms with Gasteiger partial charge in [0.25, 0.3) is 0 Å². The molecule has 12 heteroatoms. The first kappa shape index (κ1) is 62.5. The quantitative estimate of drug-likeness (QED) is 0.0706. The molecular weight excluding hydrogens is 819 g/mol. The van der Waals surface area contributed by atoms with Crippen LogP contribution in [0.2, 0.25) is 0 Å². The molecule has 2 unspecified atom stereocenters. The summed E-state index contributed by atoms with van der Waals surface area (Å²) in [6, 6.07) is 0. The van der Waals surface area contributed by atoms with Gasteiger partial charge in [0.05, 0.1) is 40.3 Å². The highest BCUT2D eigenvalue weighted by atomic mass is 35.5. The number of nitrogens with zero attached hydrogens (tertiary/aromatic N) is 4. The molecule has 62 heavy (non-hydrogen) atoms. The second kappa shape index (κ2) is 40.9. The summed E-state index contributed by atoms with van der Waals surface area (Å²) >= 11 is 0. The van der Waals surface area contributed by atoms with E-state index in [9.17, 15) is 19.2 Å². The summed E-state index contributed by atoms with van der Waals surface area (Å²) in [7, 11) is 4.54. The Bertz CT molecular complexity index is 1040. The summed E-state index contributed by atoms with van der Waals surface area (Å²) in [4.78, 5) is 52.3. The smallest absolute Gasteiger partial charge is 0.226 e. The minimum atomic E-state index is 0. The van der Waals surface area contributed by atoms with Gasteiger partial charge in [-0.1, -0.05) is 143 Å². The van der Waals surface area contributed by atoms with Gasteiger partial charge >= 0.3 is 0 Å². The largest absolute Gasteiger partial charge is 1.00 e. The van der Waals surface area contributed by atoms with Crippen molar-refractivity contribution in [3.05, 3.63) is 0 Å². The molecule has 0 bridgehead atoms. The molecule has 0 aliphatic carbocycles. The fourth-order valence-corrected chi connectivity index (χ4v) is 8.86. The fraction of sp³-hybridized carbons (Fsp3) is 0.920. The molecule has 368 valence electrons. The minimum Gasteiger partial charge on any atom is -1.00 e. The summed E-state index contributed by atoms with van der Waals surface area (Å²) in [5, 5.41) is 6.22. The van der Waals surface area contributed by atoms with E-state index in [1.54, 1.807) is 0 Å². The molecule has 4 amide bonds. The van der Waals surface area contributed by atoms with E-state index in [0.29, 0.717) is 37.5 Å². The number of carbonyl (C=O) groups is 4. The maximum Gasteiger partial charge on any atom is 0.226 e. The highest BCUT2D eigenvalue weighted by molar-refractivity contribution is 5.78. The van der Waals surface area contributed by atoms with Crippen LogP contribution >= 0.6 is 0 Å². The fourth-order valence-electron chi connectivity index (χ4n) is 8.86. The van der Waals surface area contributed by atoms with Crippen LogP contribution in [0.5, 0.6) is 0 Å². The molecule has 0 aromatic carbocycles. The Morgan fingerprint density at radius 3 is 1.03 bits per heavy atom. The Kier molecular flexibility index (Phi) is 41.2. The predicted molar refractivity (Wildman–Crippen MR) is 252 cm³/mol. The number of carbonyl (C=O) groups excluding carboxylic acids is 4. The second-order valence-corrected chi connectivity index (χ2v) is 19.2. The van der Waals surface area contributed by atoms with Crippen molar-refractivity contribution in [3.63, 3.8) is 0 Å². The van der Waals surface area contributed by atoms with Gasteiger partial charge in [-0.25, -0.2) is 0 Å². The maximum atomic E-state index is 12.1. The minimum absolute atomic E-state index is 0. The van der Waals surface area contributed by atoms with E-state index in [0.717, 1.165) is 113 Å². The first-order chi connectivity index (χ1) is 29.0. The second-order valence-electron chi connectivity index (χ2n) is 19.2. The van der Waals surface area contributed by atoms with Crippen molar-refractivity contribution in [1.29, 1.82) is 0 Å². The normalized spacial score (nSPS) is 15.6. The molecule has 0 radical (unpaired) electrons. The summed E-state index contributed by atoms with van der Waals surface area (Å²) in [6.07, 6.45) is 34.6. The van der Waals surface area contributed by atoms with Crippen molar-refractivity contribution in [2.45, 2.75) is 220 Å². The average molecular weight is 920 g/mol. The summed E-state index contributed by atoms with van der Waals surface area (Å²) in [5.41, 5.74) is 0. The van der Waals surface area contributed by atoms with E-state index < -0.39 is 0 Å². The van der Waals surface area contributed by atoms with Crippen molar-refractivity contribution in [1.82, 2.24) is 20.4 Å². The van der Waals surface area contributed by atoms with Crippen LogP contribution in [-0.2, 0) is 19.2 Å². The third-order valence-electron chi connectivity index (χ3n) is 12.9. The van der Waals surface area contributed by atoms with E-state index >= 15 is 0 Å². The van der Waals surface area contributed by atoms with Gasteiger partial charge in [0.2, 0.25) is 23.6 Å². The molecule has 0 saturated carbocycles. The van der Waals surface area contributed by atoms with Gasteiger partial charge < -0.3 is 44.4 Å². The number of rotatable bonds is 38. The first-order valence-corrected chi connectivity index (χ1v) is 25.8. The lowest BCUT2D eigenvalue weighted by molar-refractivity contribution is -0.918. The van der Waals surface area contributed by atoms with E-state index in [-0.39, 0.29) is 36.6 Å². The molecule has 10 nitrogen and oxygen atoms in total. The SMILES string of the molecule is CCCCCCCCCCCC(=O)NCCC[N+](C)(CCCC)CN1CCCC1=O.CCCCCCCCCCCC(=O)NCCC[N+](C)(CCCC)CN1CCCC1=O.[Cl-].[Cl-]. The van der Waals surface area contributed by atoms with Gasteiger partial charge in [0.15, 0.2) is 13.3 Å². The van der Waals surface area contributed by atoms with Gasteiger partial charge in [-0.3, -0.25) is 29.0 Å². The molecule has 2 saturated heterocycles. The van der Waals surface area contributed by atoms with Crippen LogP contribution in [0.3, 0.4) is 0 Å². The number of amides is 4. The lowest BCUT2D eigenvalue weighted by Crippen LogP contribution is -3.00. The van der Waals surface area contributed by atoms with E-state index in [2.05, 4.69) is 52.4 Å². The Balaban J connectivity index is 0. The summed E-state index contributed by atoms with van der Waals surface area (Å²) in [6.45, 7) is 18.2. The van der Waals surface area contributed by atoms with Gasteiger partial charge in [-0.2, -0.15) is 0 Å². The molecule has 2 heterocycles. The summed E-state index contributed by atoms with van der Waals surface area (Å²) < 4.78 is 1.82. The average Bonchev–Trinajstić information content (AvgIpc) is 3.83. The lowest BCUT2D eigenvalue weighted by atomic mass is 10.1. The van der Waals surface area contributed by atoms with E-state index in [1.807, 2.05) is 9.80 Å². The lowest BCUT2D eigenvalue weighted by Gasteiger charge is -2.37. The van der Waals surface area contributed by atoms with Crippen molar-refractivity contribution in [3.8, 4) is 0 Å². The summed E-state index contributed by atoms with van der Waals surface area (Å²) in [5.74, 6) is 1.03. The molecule has 0 aromatic heterocycles. The monoisotopic (exact) mass is 919 g/mol. The van der Waals surface area contributed by atoms with Crippen LogP contribution in [0, 0.1) is 0 Å². The standard InChI is InChI=1S/2C25H49N3O2.2ClH/c2*1-4-6-8-9-10-11-12-13-14-17-24(29)26-19-16-22-28(3,21-7-5-2)23-27-20-15-18-25(27)30;;/h2*4-23H2,1-3H3;2*1H. The van der Waals surface area contributed by atoms with Crippen LogP contribution in [0.15, 0.2) is 0 Å². The van der Waals surface area contributed by atoms with Crippen molar-refractivity contribution in [2.24, 2.45) is 0 Å². The Morgan fingerprint density at radius 2 is 0.742 bits per heavy atom. The molecule has 2 aliphatic rings. The highest BCUT2D eigenvalue weighted by Gasteiger charge is 2.31. The Morgan fingerprint density at radius 1 is 0.452 bits per heavy atom. The zero-order valence-electron chi connectivity index (χ0n) is 41.5. The van der Waals surface area contributed by atoms with Gasteiger partial charge in [0, 0.05) is 64.7 Å². The number of quaternary nitrogens is 2. The first-order valence-electron chi connectivity index (χ1n) is 25.8. The number of nitrogens with one attached hydrogen (secondary N) is 2. The maximum absolute atomic E-state index is 12.1. The third-order valence-corrected chi connectivity index (χ3v) is 12.9. The van der Waals surface area contributed by atoms with Gasteiger partial charge in [-0.05, 0) is 38.5 Å². The van der Waals surface area contributed by atoms with Crippen LogP contribution in [0.1, 0.15) is 220 Å². The van der Waals surface area contributed by atoms with Crippen LogP contribution in [0.4, 0.5) is 0 Å². The van der Waals surface area contributed by atoms with Crippen LogP contribution < -0.4 is 35.4 Å². The number of halogens is 2. The van der Waals surface area contributed by atoms with Crippen molar-refractivity contribution < 1.29 is 53.0 Å². The Hall–Kier alpha value is -1.62. The Labute approximate surface area is 395 Å². The number of likely N-dealkylation sites (tertiary alicyclic amines) is 2. The van der Waals surface area contributed by atoms with Gasteiger partial charge in [-0.15, -0.1) is 0 Å². The molecule has 2 atom stereocenters. The van der Waals surface area contributed by atoms with Crippen LogP contribution in [-0.4, -0.2) is 122 Å². The molecule has 2 rings (SSSR count). The number of hydrogen-bond donors (Lipinski definition) is 2. The molecule has 2 fully saturated rings. The van der Waals surface area contributed by atoms with Crippen LogP contribution in [0.25, 0.3) is 0 Å². The van der Waals surface area contributed by atoms with Crippen molar-refractivity contribution >= 4 is 23.6 Å². The molecular formula is C50H100Cl2N6O4. The third kappa shape index (κ3) is 32.9.